The van der Waals surface area contributed by atoms with Gasteiger partial charge in [0.05, 0.1) is 12.1 Å². The van der Waals surface area contributed by atoms with Gasteiger partial charge >= 0.3 is 0 Å². The smallest absolute Gasteiger partial charge is 0.160 e. The summed E-state index contributed by atoms with van der Waals surface area (Å²) in [6, 6.07) is 2.40. The molecule has 4 nitrogen and oxygen atoms in total. The van der Waals surface area contributed by atoms with Gasteiger partial charge in [-0.2, -0.15) is 0 Å². The second-order valence-corrected chi connectivity index (χ2v) is 5.50. The predicted molar refractivity (Wildman–Crippen MR) is 75.8 cm³/mol. The van der Waals surface area contributed by atoms with Gasteiger partial charge in [0.15, 0.2) is 5.65 Å². The van der Waals surface area contributed by atoms with Crippen molar-refractivity contribution >= 4 is 22.8 Å². The maximum absolute atomic E-state index is 5.90. The molecule has 2 unspecified atom stereocenters. The standard InChI is InChI=1S/C14H18ClN3O/c1-9-7-11-14(16-8-9)18(13(17-11)3-5-15)12-4-6-19-10(12)2/h7-8,10,12H,3-6H2,1-2H3. The number of halogens is 1. The minimum absolute atomic E-state index is 0.203. The Bertz CT molecular complexity index is 596. The van der Waals surface area contributed by atoms with Gasteiger partial charge in [-0.1, -0.05) is 0 Å². The molecule has 2 aromatic heterocycles. The largest absolute Gasteiger partial charge is 0.376 e. The maximum Gasteiger partial charge on any atom is 0.160 e. The molecule has 19 heavy (non-hydrogen) atoms. The van der Waals surface area contributed by atoms with Crippen LogP contribution >= 0.6 is 11.6 Å². The lowest BCUT2D eigenvalue weighted by Crippen LogP contribution is -2.19. The number of pyridine rings is 1. The number of ether oxygens (including phenoxy) is 1. The topological polar surface area (TPSA) is 39.9 Å². The van der Waals surface area contributed by atoms with E-state index in [0.717, 1.165) is 42.0 Å². The molecule has 2 atom stereocenters. The van der Waals surface area contributed by atoms with Crippen LogP contribution < -0.4 is 0 Å². The maximum atomic E-state index is 5.90. The van der Waals surface area contributed by atoms with Crippen molar-refractivity contribution in [1.29, 1.82) is 0 Å². The van der Waals surface area contributed by atoms with E-state index in [-0.39, 0.29) is 6.10 Å². The Kier molecular flexibility index (Phi) is 3.46. The summed E-state index contributed by atoms with van der Waals surface area (Å²) in [7, 11) is 0. The van der Waals surface area contributed by atoms with Crippen molar-refractivity contribution in [3.8, 4) is 0 Å². The average molecular weight is 280 g/mol. The molecule has 0 aliphatic carbocycles. The van der Waals surface area contributed by atoms with Gasteiger partial charge < -0.3 is 9.30 Å². The molecule has 1 aliphatic rings. The van der Waals surface area contributed by atoms with E-state index < -0.39 is 0 Å². The van der Waals surface area contributed by atoms with Crippen LogP contribution in [0.4, 0.5) is 0 Å². The number of hydrogen-bond acceptors (Lipinski definition) is 3. The molecule has 2 aromatic rings. The van der Waals surface area contributed by atoms with Crippen molar-refractivity contribution in [3.63, 3.8) is 0 Å². The third-order valence-electron chi connectivity index (χ3n) is 3.73. The summed E-state index contributed by atoms with van der Waals surface area (Å²) in [5, 5.41) is 0. The van der Waals surface area contributed by atoms with Gasteiger partial charge in [0.1, 0.15) is 11.3 Å². The first-order valence-electron chi connectivity index (χ1n) is 6.71. The van der Waals surface area contributed by atoms with E-state index in [1.165, 1.54) is 0 Å². The number of nitrogens with zero attached hydrogens (tertiary/aromatic N) is 3. The molecule has 3 heterocycles. The van der Waals surface area contributed by atoms with Gasteiger partial charge in [-0.05, 0) is 31.9 Å². The summed E-state index contributed by atoms with van der Waals surface area (Å²) in [6.45, 7) is 4.95. The second-order valence-electron chi connectivity index (χ2n) is 5.12. The number of imidazole rings is 1. The number of hydrogen-bond donors (Lipinski definition) is 0. The van der Waals surface area contributed by atoms with E-state index in [4.69, 9.17) is 21.3 Å². The van der Waals surface area contributed by atoms with Crippen LogP contribution in [-0.2, 0) is 11.2 Å². The average Bonchev–Trinajstić information content (AvgIpc) is 2.92. The zero-order valence-electron chi connectivity index (χ0n) is 11.3. The van der Waals surface area contributed by atoms with Gasteiger partial charge in [0, 0.05) is 25.1 Å². The molecule has 0 bridgehead atoms. The summed E-state index contributed by atoms with van der Waals surface area (Å²) in [5.74, 6) is 1.59. The molecule has 1 aliphatic heterocycles. The van der Waals surface area contributed by atoms with Gasteiger partial charge in [-0.15, -0.1) is 11.6 Å². The highest BCUT2D eigenvalue weighted by Gasteiger charge is 2.29. The fraction of sp³-hybridized carbons (Fsp3) is 0.571. The number of alkyl halides is 1. The van der Waals surface area contributed by atoms with Crippen molar-refractivity contribution < 1.29 is 4.74 Å². The van der Waals surface area contributed by atoms with Gasteiger partial charge in [0.2, 0.25) is 0 Å². The summed E-state index contributed by atoms with van der Waals surface area (Å²) < 4.78 is 7.92. The Balaban J connectivity index is 2.16. The zero-order valence-corrected chi connectivity index (χ0v) is 12.0. The fourth-order valence-corrected chi connectivity index (χ4v) is 2.97. The van der Waals surface area contributed by atoms with Crippen LogP contribution in [0.5, 0.6) is 0 Å². The van der Waals surface area contributed by atoms with Gasteiger partial charge in [-0.3, -0.25) is 0 Å². The van der Waals surface area contributed by atoms with Gasteiger partial charge in [0.25, 0.3) is 0 Å². The molecule has 1 saturated heterocycles. The number of fused-ring (bicyclic) bond motifs is 1. The van der Waals surface area contributed by atoms with Crippen molar-refractivity contribution in [1.82, 2.24) is 14.5 Å². The van der Waals surface area contributed by atoms with Crippen molar-refractivity contribution in [2.24, 2.45) is 0 Å². The molecule has 0 aromatic carbocycles. The van der Waals surface area contributed by atoms with E-state index in [1.54, 1.807) is 0 Å². The molecule has 5 heteroatoms. The quantitative estimate of drug-likeness (QED) is 0.811. The minimum atomic E-state index is 0.203. The molecular formula is C14H18ClN3O. The fourth-order valence-electron chi connectivity index (χ4n) is 2.80. The monoisotopic (exact) mass is 279 g/mol. The predicted octanol–water partition coefficient (Wildman–Crippen LogP) is 2.87. The second kappa shape index (κ2) is 5.10. The lowest BCUT2D eigenvalue weighted by Gasteiger charge is -2.18. The molecular weight excluding hydrogens is 262 g/mol. The van der Waals surface area contributed by atoms with Crippen LogP contribution in [-0.4, -0.2) is 33.1 Å². The SMILES string of the molecule is Cc1cnc2c(c1)nc(CCCl)n2C1CCOC1C. The van der Waals surface area contributed by atoms with E-state index in [2.05, 4.69) is 22.5 Å². The molecule has 3 rings (SSSR count). The zero-order chi connectivity index (χ0) is 13.4. The Labute approximate surface area is 117 Å². The summed E-state index contributed by atoms with van der Waals surface area (Å²) >= 11 is 5.90. The molecule has 0 amide bonds. The van der Waals surface area contributed by atoms with Crippen molar-refractivity contribution in [3.05, 3.63) is 23.7 Å². The van der Waals surface area contributed by atoms with Crippen LogP contribution in [0.1, 0.15) is 30.8 Å². The highest BCUT2D eigenvalue weighted by molar-refractivity contribution is 6.17. The highest BCUT2D eigenvalue weighted by Crippen LogP contribution is 2.30. The van der Waals surface area contributed by atoms with Crippen LogP contribution in [0.15, 0.2) is 12.3 Å². The molecule has 0 spiro atoms. The normalized spacial score (nSPS) is 23.3. The summed E-state index contributed by atoms with van der Waals surface area (Å²) in [5.41, 5.74) is 3.04. The number of rotatable bonds is 3. The van der Waals surface area contributed by atoms with E-state index in [1.807, 2.05) is 13.1 Å². The first-order chi connectivity index (χ1) is 9.20. The van der Waals surface area contributed by atoms with Crippen LogP contribution in [0.3, 0.4) is 0 Å². The van der Waals surface area contributed by atoms with Crippen molar-refractivity contribution in [2.75, 3.05) is 12.5 Å². The molecule has 0 N–H and O–H groups in total. The lowest BCUT2D eigenvalue weighted by molar-refractivity contribution is 0.108. The van der Waals surface area contributed by atoms with Crippen LogP contribution in [0, 0.1) is 6.92 Å². The Morgan fingerprint density at radius 1 is 1.53 bits per heavy atom. The summed E-state index contributed by atoms with van der Waals surface area (Å²) in [6.07, 6.45) is 3.87. The van der Waals surface area contributed by atoms with Crippen LogP contribution in [0.2, 0.25) is 0 Å². The third kappa shape index (κ3) is 2.23. The Morgan fingerprint density at radius 3 is 3.05 bits per heavy atom. The molecule has 1 fully saturated rings. The number of aryl methyl sites for hydroxylation is 2. The third-order valence-corrected chi connectivity index (χ3v) is 3.91. The van der Waals surface area contributed by atoms with E-state index in [0.29, 0.717) is 11.9 Å². The Morgan fingerprint density at radius 2 is 2.37 bits per heavy atom. The van der Waals surface area contributed by atoms with Crippen LogP contribution in [0.25, 0.3) is 11.2 Å². The molecule has 0 saturated carbocycles. The first-order valence-corrected chi connectivity index (χ1v) is 7.25. The highest BCUT2D eigenvalue weighted by atomic mass is 35.5. The minimum Gasteiger partial charge on any atom is -0.376 e. The number of aromatic nitrogens is 3. The lowest BCUT2D eigenvalue weighted by atomic mass is 10.1. The molecule has 102 valence electrons. The van der Waals surface area contributed by atoms with Gasteiger partial charge in [-0.25, -0.2) is 9.97 Å². The Hall–Kier alpha value is -1.13. The summed E-state index contributed by atoms with van der Waals surface area (Å²) in [4.78, 5) is 9.27. The van der Waals surface area contributed by atoms with Crippen molar-refractivity contribution in [2.45, 2.75) is 38.8 Å². The molecule has 0 radical (unpaired) electrons. The van der Waals surface area contributed by atoms with E-state index >= 15 is 0 Å². The first kappa shape index (κ1) is 12.9. The van der Waals surface area contributed by atoms with E-state index in [9.17, 15) is 0 Å².